The average molecular weight is 255 g/mol. The SMILES string of the molecule is COc1c(F)c(F)c(C)c(Br)c1F. The van der Waals surface area contributed by atoms with E-state index in [-0.39, 0.29) is 10.0 Å². The number of rotatable bonds is 1. The summed E-state index contributed by atoms with van der Waals surface area (Å²) in [4.78, 5) is 0. The maximum absolute atomic E-state index is 13.1. The second-order valence-corrected chi connectivity index (χ2v) is 3.21. The Morgan fingerprint density at radius 1 is 1.08 bits per heavy atom. The van der Waals surface area contributed by atoms with Gasteiger partial charge < -0.3 is 4.74 Å². The van der Waals surface area contributed by atoms with Crippen LogP contribution in [0, 0.1) is 24.4 Å². The van der Waals surface area contributed by atoms with Gasteiger partial charge in [0.05, 0.1) is 11.6 Å². The minimum Gasteiger partial charge on any atom is -0.491 e. The molecule has 0 atom stereocenters. The Labute approximate surface area is 81.6 Å². The largest absolute Gasteiger partial charge is 0.491 e. The molecular formula is C8H6BrF3O. The lowest BCUT2D eigenvalue weighted by atomic mass is 10.2. The molecule has 72 valence electrons. The van der Waals surface area contributed by atoms with Gasteiger partial charge in [0.2, 0.25) is 5.82 Å². The zero-order valence-corrected chi connectivity index (χ0v) is 8.51. The predicted octanol–water partition coefficient (Wildman–Crippen LogP) is 3.18. The second-order valence-electron chi connectivity index (χ2n) is 2.41. The van der Waals surface area contributed by atoms with Crippen LogP contribution in [0.5, 0.6) is 5.75 Å². The molecule has 13 heavy (non-hydrogen) atoms. The number of methoxy groups -OCH3 is 1. The van der Waals surface area contributed by atoms with Crippen LogP contribution in [0.2, 0.25) is 0 Å². The van der Waals surface area contributed by atoms with E-state index in [9.17, 15) is 13.2 Å². The van der Waals surface area contributed by atoms with Gasteiger partial charge in [0, 0.05) is 5.56 Å². The van der Waals surface area contributed by atoms with Crippen LogP contribution in [0.4, 0.5) is 13.2 Å². The highest BCUT2D eigenvalue weighted by atomic mass is 79.9. The molecule has 1 aromatic carbocycles. The molecule has 5 heteroatoms. The molecule has 0 aromatic heterocycles. The van der Waals surface area contributed by atoms with Crippen molar-refractivity contribution in [1.29, 1.82) is 0 Å². The van der Waals surface area contributed by atoms with Gasteiger partial charge in [-0.1, -0.05) is 0 Å². The van der Waals surface area contributed by atoms with Gasteiger partial charge in [0.25, 0.3) is 0 Å². The Morgan fingerprint density at radius 3 is 2.08 bits per heavy atom. The van der Waals surface area contributed by atoms with Crippen molar-refractivity contribution in [1.82, 2.24) is 0 Å². The summed E-state index contributed by atoms with van der Waals surface area (Å²) in [6.07, 6.45) is 0. The summed E-state index contributed by atoms with van der Waals surface area (Å²) in [5.41, 5.74) is -0.115. The third kappa shape index (κ3) is 1.52. The molecular weight excluding hydrogens is 249 g/mol. The number of benzene rings is 1. The van der Waals surface area contributed by atoms with E-state index in [0.29, 0.717) is 0 Å². The zero-order valence-electron chi connectivity index (χ0n) is 6.92. The number of hydrogen-bond donors (Lipinski definition) is 0. The first-order valence-corrected chi connectivity index (χ1v) is 4.16. The lowest BCUT2D eigenvalue weighted by Crippen LogP contribution is -2.00. The third-order valence-corrected chi connectivity index (χ3v) is 2.59. The van der Waals surface area contributed by atoms with Gasteiger partial charge in [-0.05, 0) is 22.9 Å². The van der Waals surface area contributed by atoms with E-state index < -0.39 is 23.2 Å². The molecule has 0 heterocycles. The Kier molecular flexibility index (Phi) is 2.85. The molecule has 0 bridgehead atoms. The molecule has 0 radical (unpaired) electrons. The zero-order chi connectivity index (χ0) is 10.2. The van der Waals surface area contributed by atoms with Gasteiger partial charge in [-0.2, -0.15) is 4.39 Å². The van der Waals surface area contributed by atoms with Gasteiger partial charge in [0.1, 0.15) is 0 Å². The van der Waals surface area contributed by atoms with Crippen LogP contribution in [0.1, 0.15) is 5.56 Å². The lowest BCUT2D eigenvalue weighted by molar-refractivity contribution is 0.344. The fraction of sp³-hybridized carbons (Fsp3) is 0.250. The molecule has 0 spiro atoms. The lowest BCUT2D eigenvalue weighted by Gasteiger charge is -2.08. The van der Waals surface area contributed by atoms with Crippen molar-refractivity contribution in [2.24, 2.45) is 0 Å². The Balaban J connectivity index is 3.56. The van der Waals surface area contributed by atoms with Crippen molar-refractivity contribution in [2.45, 2.75) is 6.92 Å². The van der Waals surface area contributed by atoms with Crippen LogP contribution < -0.4 is 4.74 Å². The summed E-state index contributed by atoms with van der Waals surface area (Å²) in [7, 11) is 1.07. The molecule has 0 aliphatic heterocycles. The van der Waals surface area contributed by atoms with E-state index in [1.165, 1.54) is 6.92 Å². The summed E-state index contributed by atoms with van der Waals surface area (Å²) in [5.74, 6) is -4.06. The van der Waals surface area contributed by atoms with Crippen molar-refractivity contribution >= 4 is 15.9 Å². The first-order chi connectivity index (χ1) is 6.00. The van der Waals surface area contributed by atoms with Crippen LogP contribution in [0.15, 0.2) is 4.47 Å². The Bertz CT molecular complexity index is 323. The van der Waals surface area contributed by atoms with Gasteiger partial charge in [0.15, 0.2) is 17.4 Å². The topological polar surface area (TPSA) is 9.23 Å². The van der Waals surface area contributed by atoms with Crippen LogP contribution in [0.25, 0.3) is 0 Å². The van der Waals surface area contributed by atoms with Crippen LogP contribution in [-0.2, 0) is 0 Å². The third-order valence-electron chi connectivity index (χ3n) is 1.65. The highest BCUT2D eigenvalue weighted by Crippen LogP contribution is 2.33. The van der Waals surface area contributed by atoms with Gasteiger partial charge in [-0.25, -0.2) is 8.78 Å². The smallest absolute Gasteiger partial charge is 0.204 e. The quantitative estimate of drug-likeness (QED) is 0.700. The number of hydrogen-bond acceptors (Lipinski definition) is 1. The summed E-state index contributed by atoms with van der Waals surface area (Å²) >= 11 is 2.79. The van der Waals surface area contributed by atoms with E-state index in [4.69, 9.17) is 0 Å². The summed E-state index contributed by atoms with van der Waals surface area (Å²) < 4.78 is 43.3. The Morgan fingerprint density at radius 2 is 1.62 bits per heavy atom. The number of ether oxygens (including phenoxy) is 1. The van der Waals surface area contributed by atoms with Crippen molar-refractivity contribution in [3.63, 3.8) is 0 Å². The van der Waals surface area contributed by atoms with E-state index in [2.05, 4.69) is 20.7 Å². The highest BCUT2D eigenvalue weighted by Gasteiger charge is 2.21. The normalized spacial score (nSPS) is 10.3. The summed E-state index contributed by atoms with van der Waals surface area (Å²) in [6.45, 7) is 1.27. The summed E-state index contributed by atoms with van der Waals surface area (Å²) in [5, 5.41) is 0. The van der Waals surface area contributed by atoms with E-state index in [0.717, 1.165) is 7.11 Å². The Hall–Kier alpha value is -0.710. The second kappa shape index (κ2) is 3.57. The van der Waals surface area contributed by atoms with E-state index in [1.54, 1.807) is 0 Å². The monoisotopic (exact) mass is 254 g/mol. The molecule has 0 fully saturated rings. The molecule has 0 saturated heterocycles. The minimum atomic E-state index is -1.30. The predicted molar refractivity (Wildman–Crippen MR) is 45.3 cm³/mol. The van der Waals surface area contributed by atoms with Gasteiger partial charge >= 0.3 is 0 Å². The minimum absolute atomic E-state index is 0.115. The van der Waals surface area contributed by atoms with E-state index in [1.807, 2.05) is 0 Å². The standard InChI is InChI=1S/C8H6BrF3O/c1-3-4(9)6(11)8(13-2)7(12)5(3)10/h1-2H3. The number of halogens is 4. The molecule has 0 aliphatic carbocycles. The molecule has 0 saturated carbocycles. The first kappa shape index (κ1) is 10.4. The van der Waals surface area contributed by atoms with Crippen molar-refractivity contribution in [3.8, 4) is 5.75 Å². The summed E-state index contributed by atoms with van der Waals surface area (Å²) in [6, 6.07) is 0. The van der Waals surface area contributed by atoms with Gasteiger partial charge in [-0.15, -0.1) is 0 Å². The fourth-order valence-corrected chi connectivity index (χ4v) is 1.25. The highest BCUT2D eigenvalue weighted by molar-refractivity contribution is 9.10. The van der Waals surface area contributed by atoms with Gasteiger partial charge in [-0.3, -0.25) is 0 Å². The fourth-order valence-electron chi connectivity index (χ4n) is 0.901. The molecule has 1 rings (SSSR count). The first-order valence-electron chi connectivity index (χ1n) is 3.37. The maximum atomic E-state index is 13.1. The molecule has 0 unspecified atom stereocenters. The molecule has 1 aromatic rings. The van der Waals surface area contributed by atoms with Crippen molar-refractivity contribution in [2.75, 3.05) is 7.11 Å². The molecule has 0 N–H and O–H groups in total. The van der Waals surface area contributed by atoms with Crippen LogP contribution in [0.3, 0.4) is 0 Å². The average Bonchev–Trinajstić information content (AvgIpc) is 2.13. The molecule has 0 amide bonds. The van der Waals surface area contributed by atoms with Crippen LogP contribution >= 0.6 is 15.9 Å². The van der Waals surface area contributed by atoms with E-state index >= 15 is 0 Å². The molecule has 0 aliphatic rings. The van der Waals surface area contributed by atoms with Crippen molar-refractivity contribution in [3.05, 3.63) is 27.5 Å². The van der Waals surface area contributed by atoms with Crippen molar-refractivity contribution < 1.29 is 17.9 Å². The molecule has 1 nitrogen and oxygen atoms in total. The van der Waals surface area contributed by atoms with Crippen LogP contribution in [-0.4, -0.2) is 7.11 Å². The maximum Gasteiger partial charge on any atom is 0.204 e.